The van der Waals surface area contributed by atoms with E-state index in [9.17, 15) is 17.6 Å². The topological polar surface area (TPSA) is 83.7 Å². The molecule has 0 spiro atoms. The van der Waals surface area contributed by atoms with Crippen LogP contribution < -0.4 is 10.0 Å². The zero-order valence-corrected chi connectivity index (χ0v) is 19.9. The normalized spacial score (nSPS) is 22.0. The van der Waals surface area contributed by atoms with E-state index in [1.807, 2.05) is 0 Å². The molecule has 4 rings (SSSR count). The van der Waals surface area contributed by atoms with E-state index in [4.69, 9.17) is 17.3 Å². The lowest BCUT2D eigenvalue weighted by atomic mass is 9.88. The number of alkyl halides is 1. The number of benzene rings is 2. The Balaban J connectivity index is 1.55. The summed E-state index contributed by atoms with van der Waals surface area (Å²) in [6.45, 7) is 1.36. The number of carbonyl (C=O) groups excluding carboxylic acids is 1. The SMILES string of the molecule is NCC(=O)c1ccc(CN(c2cccc(Cl)c2)S(=O)(=O)C2CCN(C3CC(F)C3)CC2)cc1. The third-order valence-electron chi connectivity index (χ3n) is 6.66. The van der Waals surface area contributed by atoms with Gasteiger partial charge in [-0.1, -0.05) is 41.9 Å². The average molecular weight is 494 g/mol. The molecule has 0 bridgehead atoms. The zero-order chi connectivity index (χ0) is 23.6. The zero-order valence-electron chi connectivity index (χ0n) is 18.4. The maximum atomic E-state index is 13.8. The number of hydrogen-bond acceptors (Lipinski definition) is 5. The quantitative estimate of drug-likeness (QED) is 0.566. The van der Waals surface area contributed by atoms with Gasteiger partial charge in [-0.2, -0.15) is 0 Å². The molecule has 178 valence electrons. The number of nitrogens with zero attached hydrogens (tertiary/aromatic N) is 2. The molecule has 0 radical (unpaired) electrons. The highest BCUT2D eigenvalue weighted by Crippen LogP contribution is 2.34. The average Bonchev–Trinajstić information content (AvgIpc) is 2.80. The Kier molecular flexibility index (Phi) is 7.38. The fourth-order valence-corrected chi connectivity index (χ4v) is 6.66. The summed E-state index contributed by atoms with van der Waals surface area (Å²) in [7, 11) is -3.68. The van der Waals surface area contributed by atoms with Gasteiger partial charge in [0.25, 0.3) is 0 Å². The summed E-state index contributed by atoms with van der Waals surface area (Å²) in [5.74, 6) is -0.168. The number of hydrogen-bond donors (Lipinski definition) is 1. The molecule has 1 aliphatic carbocycles. The van der Waals surface area contributed by atoms with Crippen molar-refractivity contribution >= 4 is 33.1 Å². The van der Waals surface area contributed by atoms with Crippen LogP contribution in [0.5, 0.6) is 0 Å². The third kappa shape index (κ3) is 5.40. The Morgan fingerprint density at radius 1 is 1.12 bits per heavy atom. The van der Waals surface area contributed by atoms with Crippen molar-refractivity contribution in [2.75, 3.05) is 23.9 Å². The highest BCUT2D eigenvalue weighted by atomic mass is 35.5. The first-order chi connectivity index (χ1) is 15.8. The van der Waals surface area contributed by atoms with Crippen molar-refractivity contribution in [1.29, 1.82) is 0 Å². The Morgan fingerprint density at radius 3 is 2.36 bits per heavy atom. The van der Waals surface area contributed by atoms with Crippen molar-refractivity contribution in [2.24, 2.45) is 5.73 Å². The Bertz CT molecular complexity index is 1080. The van der Waals surface area contributed by atoms with Gasteiger partial charge in [0, 0.05) is 16.6 Å². The summed E-state index contributed by atoms with van der Waals surface area (Å²) in [6.07, 6.45) is 1.40. The minimum absolute atomic E-state index is 0.0755. The molecule has 1 heterocycles. The molecule has 2 fully saturated rings. The van der Waals surface area contributed by atoms with Gasteiger partial charge in [-0.05, 0) is 62.5 Å². The van der Waals surface area contributed by atoms with Crippen LogP contribution in [0.15, 0.2) is 48.5 Å². The van der Waals surface area contributed by atoms with Gasteiger partial charge in [0.2, 0.25) is 10.0 Å². The molecule has 9 heteroatoms. The van der Waals surface area contributed by atoms with E-state index < -0.39 is 21.4 Å². The molecule has 2 N–H and O–H groups in total. The number of rotatable bonds is 8. The van der Waals surface area contributed by atoms with Crippen molar-refractivity contribution in [2.45, 2.75) is 49.7 Å². The minimum atomic E-state index is -3.68. The van der Waals surface area contributed by atoms with E-state index in [1.54, 1.807) is 48.5 Å². The summed E-state index contributed by atoms with van der Waals surface area (Å²) in [5.41, 5.74) is 7.19. The molecule has 2 aromatic rings. The minimum Gasteiger partial charge on any atom is -0.324 e. The van der Waals surface area contributed by atoms with Crippen LogP contribution in [0.1, 0.15) is 41.6 Å². The van der Waals surface area contributed by atoms with Crippen molar-refractivity contribution in [3.63, 3.8) is 0 Å². The number of Topliss-reactive ketones (excluding diaryl/α,β-unsaturated/α-hetero) is 1. The lowest BCUT2D eigenvalue weighted by Gasteiger charge is -2.43. The fourth-order valence-electron chi connectivity index (χ4n) is 4.58. The van der Waals surface area contributed by atoms with Crippen LogP contribution in [0.4, 0.5) is 10.1 Å². The van der Waals surface area contributed by atoms with Crippen molar-refractivity contribution in [1.82, 2.24) is 4.90 Å². The Labute approximate surface area is 199 Å². The maximum Gasteiger partial charge on any atom is 0.238 e. The summed E-state index contributed by atoms with van der Waals surface area (Å²) in [4.78, 5) is 14.0. The molecule has 0 atom stereocenters. The molecule has 1 saturated heterocycles. The second-order valence-corrected chi connectivity index (χ2v) is 11.4. The van der Waals surface area contributed by atoms with Gasteiger partial charge in [-0.3, -0.25) is 9.10 Å². The number of ketones is 1. The lowest BCUT2D eigenvalue weighted by Crippen LogP contribution is -2.52. The predicted molar refractivity (Wildman–Crippen MR) is 129 cm³/mol. The van der Waals surface area contributed by atoms with E-state index >= 15 is 0 Å². The first-order valence-corrected chi connectivity index (χ1v) is 13.1. The number of piperidine rings is 1. The molecule has 1 saturated carbocycles. The first-order valence-electron chi connectivity index (χ1n) is 11.3. The van der Waals surface area contributed by atoms with Gasteiger partial charge in [0.1, 0.15) is 6.17 Å². The predicted octanol–water partition coefficient (Wildman–Crippen LogP) is 3.78. The molecule has 2 aliphatic rings. The summed E-state index contributed by atoms with van der Waals surface area (Å²) >= 11 is 6.18. The molecule has 2 aromatic carbocycles. The number of sulfonamides is 1. The van der Waals surface area contributed by atoms with E-state index in [0.29, 0.717) is 55.0 Å². The maximum absolute atomic E-state index is 13.8. The molecule has 0 amide bonds. The van der Waals surface area contributed by atoms with Crippen LogP contribution in [0.25, 0.3) is 0 Å². The second-order valence-electron chi connectivity index (χ2n) is 8.81. The monoisotopic (exact) mass is 493 g/mol. The smallest absolute Gasteiger partial charge is 0.238 e. The lowest BCUT2D eigenvalue weighted by molar-refractivity contribution is 0.0424. The van der Waals surface area contributed by atoms with Gasteiger partial charge in [-0.15, -0.1) is 0 Å². The molecule has 1 aliphatic heterocycles. The van der Waals surface area contributed by atoms with Crippen LogP contribution in [0.3, 0.4) is 0 Å². The second kappa shape index (κ2) is 10.1. The number of likely N-dealkylation sites (tertiary alicyclic amines) is 1. The van der Waals surface area contributed by atoms with Crippen LogP contribution in [0.2, 0.25) is 5.02 Å². The Hall–Kier alpha value is -2.00. The highest BCUT2D eigenvalue weighted by molar-refractivity contribution is 7.93. The number of anilines is 1. The highest BCUT2D eigenvalue weighted by Gasteiger charge is 2.40. The number of nitrogens with two attached hydrogens (primary N) is 1. The van der Waals surface area contributed by atoms with E-state index in [0.717, 1.165) is 5.56 Å². The molecule has 33 heavy (non-hydrogen) atoms. The van der Waals surface area contributed by atoms with Crippen LogP contribution >= 0.6 is 11.6 Å². The molecule has 0 unspecified atom stereocenters. The molecule has 6 nitrogen and oxygen atoms in total. The van der Waals surface area contributed by atoms with Gasteiger partial charge in [0.15, 0.2) is 5.78 Å². The number of halogens is 2. The van der Waals surface area contributed by atoms with Crippen LogP contribution in [-0.2, 0) is 16.6 Å². The molecular weight excluding hydrogens is 465 g/mol. The third-order valence-corrected chi connectivity index (χ3v) is 9.16. The van der Waals surface area contributed by atoms with E-state index in [2.05, 4.69) is 4.90 Å². The standard InChI is InChI=1S/C24H29ClFN3O3S/c25-19-2-1-3-21(12-19)29(16-17-4-6-18(7-5-17)24(30)15-27)33(31,32)23-8-10-28(11-9-23)22-13-20(26)14-22/h1-7,12,20,22-23H,8-11,13-16,27H2. The van der Waals surface area contributed by atoms with Crippen LogP contribution in [0, 0.1) is 0 Å². The first kappa shape index (κ1) is 24.1. The van der Waals surface area contributed by atoms with E-state index in [1.165, 1.54) is 4.31 Å². The Morgan fingerprint density at radius 2 is 1.79 bits per heavy atom. The van der Waals surface area contributed by atoms with Crippen molar-refractivity contribution < 1.29 is 17.6 Å². The van der Waals surface area contributed by atoms with Crippen molar-refractivity contribution in [3.8, 4) is 0 Å². The van der Waals surface area contributed by atoms with Gasteiger partial charge >= 0.3 is 0 Å². The van der Waals surface area contributed by atoms with Crippen LogP contribution in [-0.4, -0.2) is 56.2 Å². The molecule has 0 aromatic heterocycles. The number of carbonyl (C=O) groups is 1. The van der Waals surface area contributed by atoms with E-state index in [-0.39, 0.29) is 24.9 Å². The van der Waals surface area contributed by atoms with Crippen molar-refractivity contribution in [3.05, 3.63) is 64.7 Å². The fraction of sp³-hybridized carbons (Fsp3) is 0.458. The summed E-state index contributed by atoms with van der Waals surface area (Å²) < 4.78 is 42.2. The molecular formula is C24H29ClFN3O3S. The summed E-state index contributed by atoms with van der Waals surface area (Å²) in [6, 6.07) is 13.9. The van der Waals surface area contributed by atoms with Gasteiger partial charge in [0.05, 0.1) is 24.0 Å². The van der Waals surface area contributed by atoms with Gasteiger partial charge < -0.3 is 10.6 Å². The van der Waals surface area contributed by atoms with Gasteiger partial charge in [-0.25, -0.2) is 12.8 Å². The summed E-state index contributed by atoms with van der Waals surface area (Å²) in [5, 5.41) is -0.0655. The largest absolute Gasteiger partial charge is 0.324 e.